The van der Waals surface area contributed by atoms with Crippen LogP contribution in [0.15, 0.2) is 24.3 Å². The van der Waals surface area contributed by atoms with Gasteiger partial charge in [0.15, 0.2) is 0 Å². The normalized spacial score (nSPS) is 22.1. The van der Waals surface area contributed by atoms with Crippen LogP contribution in [-0.2, 0) is 4.79 Å². The first kappa shape index (κ1) is 17.3. The van der Waals surface area contributed by atoms with Crippen molar-refractivity contribution < 1.29 is 4.79 Å². The molecule has 1 saturated heterocycles. The molecule has 122 valence electrons. The molecule has 0 aromatic heterocycles. The van der Waals surface area contributed by atoms with Crippen molar-refractivity contribution in [1.29, 1.82) is 0 Å². The zero-order valence-corrected chi connectivity index (χ0v) is 14.1. The zero-order chi connectivity index (χ0) is 16.1. The molecular weight excluding hydrogens is 298 g/mol. The van der Waals surface area contributed by atoms with E-state index in [1.54, 1.807) is 0 Å². The highest BCUT2D eigenvalue weighted by atomic mass is 35.5. The molecule has 1 aliphatic rings. The molecule has 1 amide bonds. The standard InChI is InChI=1S/C17H26ClN3O/c1-12(19)14-6-5-9-21(10-14)11-17(22)20-13(2)15-7-3-4-8-16(15)18/h3-4,7-8,12-14H,5-6,9-11,19H2,1-2H3,(H,20,22). The first-order chi connectivity index (χ1) is 10.5. The average Bonchev–Trinajstić information content (AvgIpc) is 2.47. The number of carbonyl (C=O) groups is 1. The number of hydrogen-bond donors (Lipinski definition) is 2. The lowest BCUT2D eigenvalue weighted by atomic mass is 9.92. The monoisotopic (exact) mass is 323 g/mol. The third-order valence-corrected chi connectivity index (χ3v) is 4.75. The number of amides is 1. The molecule has 4 nitrogen and oxygen atoms in total. The highest BCUT2D eigenvalue weighted by molar-refractivity contribution is 6.31. The Balaban J connectivity index is 1.86. The lowest BCUT2D eigenvalue weighted by Gasteiger charge is -2.34. The molecule has 1 fully saturated rings. The van der Waals surface area contributed by atoms with Gasteiger partial charge in [0.2, 0.25) is 5.91 Å². The van der Waals surface area contributed by atoms with Crippen LogP contribution in [0.2, 0.25) is 5.02 Å². The highest BCUT2D eigenvalue weighted by Crippen LogP contribution is 2.22. The van der Waals surface area contributed by atoms with Crippen molar-refractivity contribution in [3.05, 3.63) is 34.9 Å². The smallest absolute Gasteiger partial charge is 0.234 e. The fraction of sp³-hybridized carbons (Fsp3) is 0.588. The Hall–Kier alpha value is -1.10. The van der Waals surface area contributed by atoms with Gasteiger partial charge in [-0.2, -0.15) is 0 Å². The third-order valence-electron chi connectivity index (χ3n) is 4.40. The molecule has 0 spiro atoms. The predicted molar refractivity (Wildman–Crippen MR) is 90.8 cm³/mol. The maximum atomic E-state index is 12.3. The molecule has 0 aliphatic carbocycles. The van der Waals surface area contributed by atoms with Gasteiger partial charge in [0.05, 0.1) is 12.6 Å². The summed E-state index contributed by atoms with van der Waals surface area (Å²) < 4.78 is 0. The minimum Gasteiger partial charge on any atom is -0.348 e. The van der Waals surface area contributed by atoms with Gasteiger partial charge in [-0.15, -0.1) is 0 Å². The molecule has 1 aliphatic heterocycles. The summed E-state index contributed by atoms with van der Waals surface area (Å²) in [6, 6.07) is 7.71. The summed E-state index contributed by atoms with van der Waals surface area (Å²) in [4.78, 5) is 14.5. The summed E-state index contributed by atoms with van der Waals surface area (Å²) in [5, 5.41) is 3.72. The predicted octanol–water partition coefficient (Wildman–Crippen LogP) is 2.58. The van der Waals surface area contributed by atoms with Crippen molar-refractivity contribution in [1.82, 2.24) is 10.2 Å². The van der Waals surface area contributed by atoms with Crippen LogP contribution in [0.25, 0.3) is 0 Å². The summed E-state index contributed by atoms with van der Waals surface area (Å²) >= 11 is 6.17. The molecule has 3 N–H and O–H groups in total. The van der Waals surface area contributed by atoms with Gasteiger partial charge in [-0.05, 0) is 50.8 Å². The minimum atomic E-state index is -0.0878. The Morgan fingerprint density at radius 2 is 2.18 bits per heavy atom. The van der Waals surface area contributed by atoms with Crippen LogP contribution in [0.1, 0.15) is 38.3 Å². The molecule has 0 bridgehead atoms. The van der Waals surface area contributed by atoms with Crippen molar-refractivity contribution in [3.63, 3.8) is 0 Å². The van der Waals surface area contributed by atoms with Gasteiger partial charge in [-0.3, -0.25) is 9.69 Å². The summed E-state index contributed by atoms with van der Waals surface area (Å²) in [7, 11) is 0. The van der Waals surface area contributed by atoms with E-state index in [0.717, 1.165) is 31.5 Å². The van der Waals surface area contributed by atoms with E-state index in [9.17, 15) is 4.79 Å². The SMILES string of the molecule is CC(NC(=O)CN1CCCC(C(C)N)C1)c1ccccc1Cl. The molecular formula is C17H26ClN3O. The summed E-state index contributed by atoms with van der Waals surface area (Å²) in [6.45, 7) is 6.31. The van der Waals surface area contributed by atoms with Gasteiger partial charge in [-0.1, -0.05) is 29.8 Å². The molecule has 0 radical (unpaired) electrons. The first-order valence-corrected chi connectivity index (χ1v) is 8.37. The van der Waals surface area contributed by atoms with Crippen molar-refractivity contribution in [2.45, 2.75) is 38.8 Å². The first-order valence-electron chi connectivity index (χ1n) is 7.99. The topological polar surface area (TPSA) is 58.4 Å². The number of nitrogens with zero attached hydrogens (tertiary/aromatic N) is 1. The van der Waals surface area contributed by atoms with Gasteiger partial charge in [0.1, 0.15) is 0 Å². The van der Waals surface area contributed by atoms with Crippen LogP contribution in [0.4, 0.5) is 0 Å². The summed E-state index contributed by atoms with van der Waals surface area (Å²) in [5.74, 6) is 0.528. The number of hydrogen-bond acceptors (Lipinski definition) is 3. The van der Waals surface area contributed by atoms with Crippen molar-refractivity contribution in [3.8, 4) is 0 Å². The van der Waals surface area contributed by atoms with Crippen LogP contribution < -0.4 is 11.1 Å². The van der Waals surface area contributed by atoms with Gasteiger partial charge in [-0.25, -0.2) is 0 Å². The third kappa shape index (κ3) is 4.70. The number of likely N-dealkylation sites (tertiary alicyclic amines) is 1. The van der Waals surface area contributed by atoms with Crippen LogP contribution in [0, 0.1) is 5.92 Å². The van der Waals surface area contributed by atoms with Crippen LogP contribution in [-0.4, -0.2) is 36.5 Å². The molecule has 3 unspecified atom stereocenters. The molecule has 3 atom stereocenters. The van der Waals surface area contributed by atoms with E-state index >= 15 is 0 Å². The molecule has 1 heterocycles. The van der Waals surface area contributed by atoms with E-state index < -0.39 is 0 Å². The molecule has 5 heteroatoms. The second kappa shape index (κ2) is 7.95. The highest BCUT2D eigenvalue weighted by Gasteiger charge is 2.24. The average molecular weight is 324 g/mol. The maximum Gasteiger partial charge on any atom is 0.234 e. The number of rotatable bonds is 5. The van der Waals surface area contributed by atoms with E-state index in [1.807, 2.05) is 38.1 Å². The number of benzene rings is 1. The Kier molecular flexibility index (Phi) is 6.24. The number of piperidine rings is 1. The zero-order valence-electron chi connectivity index (χ0n) is 13.4. The van der Waals surface area contributed by atoms with Crippen molar-refractivity contribution in [2.24, 2.45) is 11.7 Å². The van der Waals surface area contributed by atoms with E-state index in [1.165, 1.54) is 0 Å². The van der Waals surface area contributed by atoms with E-state index in [-0.39, 0.29) is 18.0 Å². The molecule has 0 saturated carbocycles. The summed E-state index contributed by atoms with van der Waals surface area (Å²) in [5.41, 5.74) is 6.94. The molecule has 22 heavy (non-hydrogen) atoms. The van der Waals surface area contributed by atoms with Gasteiger partial charge in [0, 0.05) is 17.6 Å². The Bertz CT molecular complexity index is 506. The number of nitrogens with one attached hydrogen (secondary N) is 1. The van der Waals surface area contributed by atoms with Crippen molar-refractivity contribution >= 4 is 17.5 Å². The minimum absolute atomic E-state index is 0.0396. The van der Waals surface area contributed by atoms with Gasteiger partial charge < -0.3 is 11.1 Å². The fourth-order valence-corrected chi connectivity index (χ4v) is 3.36. The second-order valence-electron chi connectivity index (χ2n) is 6.31. The van der Waals surface area contributed by atoms with Crippen LogP contribution in [0.5, 0.6) is 0 Å². The van der Waals surface area contributed by atoms with E-state index in [4.69, 9.17) is 17.3 Å². The second-order valence-corrected chi connectivity index (χ2v) is 6.71. The number of carbonyl (C=O) groups excluding carboxylic acids is 1. The van der Waals surface area contributed by atoms with Crippen molar-refractivity contribution in [2.75, 3.05) is 19.6 Å². The Labute approximate surface area is 138 Å². The lowest BCUT2D eigenvalue weighted by Crippen LogP contribution is -2.46. The number of halogens is 1. The molecule has 1 aromatic carbocycles. The Morgan fingerprint density at radius 1 is 1.45 bits per heavy atom. The maximum absolute atomic E-state index is 12.3. The number of nitrogens with two attached hydrogens (primary N) is 1. The van der Waals surface area contributed by atoms with E-state index in [0.29, 0.717) is 17.5 Å². The quantitative estimate of drug-likeness (QED) is 0.875. The van der Waals surface area contributed by atoms with Crippen LogP contribution in [0.3, 0.4) is 0 Å². The lowest BCUT2D eigenvalue weighted by molar-refractivity contribution is -0.123. The molecule has 1 aromatic rings. The van der Waals surface area contributed by atoms with Gasteiger partial charge in [0.25, 0.3) is 0 Å². The largest absolute Gasteiger partial charge is 0.348 e. The Morgan fingerprint density at radius 3 is 2.86 bits per heavy atom. The van der Waals surface area contributed by atoms with Gasteiger partial charge >= 0.3 is 0 Å². The van der Waals surface area contributed by atoms with Crippen LogP contribution >= 0.6 is 11.6 Å². The summed E-state index contributed by atoms with van der Waals surface area (Å²) in [6.07, 6.45) is 2.27. The van der Waals surface area contributed by atoms with E-state index in [2.05, 4.69) is 10.2 Å². The molecule has 2 rings (SSSR count). The fourth-order valence-electron chi connectivity index (χ4n) is 3.06.